The van der Waals surface area contributed by atoms with Crippen LogP contribution in [0.4, 0.5) is 10.1 Å². The number of benzene rings is 2. The molecule has 0 saturated carbocycles. The van der Waals surface area contributed by atoms with Crippen LogP contribution >= 0.6 is 12.4 Å². The van der Waals surface area contributed by atoms with Gasteiger partial charge in [-0.2, -0.15) is 0 Å². The van der Waals surface area contributed by atoms with Crippen LogP contribution in [0.25, 0.3) is 0 Å². The summed E-state index contributed by atoms with van der Waals surface area (Å²) < 4.78 is 13.6. The van der Waals surface area contributed by atoms with Gasteiger partial charge in [-0.05, 0) is 37.1 Å². The van der Waals surface area contributed by atoms with E-state index in [1.807, 2.05) is 6.07 Å². The van der Waals surface area contributed by atoms with Crippen LogP contribution in [0.1, 0.15) is 23.5 Å². The summed E-state index contributed by atoms with van der Waals surface area (Å²) in [6.45, 7) is 4.81. The van der Waals surface area contributed by atoms with E-state index in [0.717, 1.165) is 13.1 Å². The minimum Gasteiger partial charge on any atom is -0.330 e. The molecule has 2 aromatic carbocycles. The Morgan fingerprint density at radius 3 is 2.63 bits per heavy atom. The summed E-state index contributed by atoms with van der Waals surface area (Å²) in [6.07, 6.45) is 0.384. The number of amides is 1. The summed E-state index contributed by atoms with van der Waals surface area (Å²) in [6, 6.07) is 15.2. The summed E-state index contributed by atoms with van der Waals surface area (Å²) in [5.74, 6) is 0.422. The minimum absolute atomic E-state index is 0. The molecule has 1 saturated heterocycles. The highest BCUT2D eigenvalue weighted by molar-refractivity contribution is 5.91. The molecule has 1 fully saturated rings. The highest BCUT2D eigenvalue weighted by atomic mass is 35.5. The standard InChI is InChI=1S/C21H26FN3O.ClH/c1-15-19(22)8-5-9-20(15)24-21(26)10-11-25-13-17(12-23)18(14-25)16-6-3-2-4-7-16;/h2-9,17-18H,10-14,23H2,1H3,(H,24,26);1H/t17-,18+;/m1./s1. The predicted octanol–water partition coefficient (Wildman–Crippen LogP) is 3.56. The summed E-state index contributed by atoms with van der Waals surface area (Å²) in [7, 11) is 0. The summed E-state index contributed by atoms with van der Waals surface area (Å²) in [4.78, 5) is 14.5. The minimum atomic E-state index is -0.307. The lowest BCUT2D eigenvalue weighted by Crippen LogP contribution is -2.27. The second-order valence-electron chi connectivity index (χ2n) is 6.98. The van der Waals surface area contributed by atoms with Gasteiger partial charge in [0, 0.05) is 43.2 Å². The van der Waals surface area contributed by atoms with Gasteiger partial charge in [0.2, 0.25) is 5.91 Å². The Morgan fingerprint density at radius 1 is 1.19 bits per heavy atom. The molecule has 0 radical (unpaired) electrons. The van der Waals surface area contributed by atoms with Crippen molar-refractivity contribution >= 4 is 24.0 Å². The van der Waals surface area contributed by atoms with Crippen LogP contribution in [-0.4, -0.2) is 37.0 Å². The summed E-state index contributed by atoms with van der Waals surface area (Å²) in [5, 5.41) is 2.81. The van der Waals surface area contributed by atoms with Crippen molar-refractivity contribution in [2.75, 3.05) is 31.5 Å². The number of nitrogens with one attached hydrogen (secondary N) is 1. The lowest BCUT2D eigenvalue weighted by atomic mass is 9.89. The number of nitrogens with two attached hydrogens (primary N) is 1. The molecule has 4 nitrogen and oxygen atoms in total. The average Bonchev–Trinajstić information content (AvgIpc) is 3.08. The molecule has 1 aliphatic heterocycles. The maximum absolute atomic E-state index is 13.6. The van der Waals surface area contributed by atoms with E-state index in [-0.39, 0.29) is 24.1 Å². The average molecular weight is 392 g/mol. The topological polar surface area (TPSA) is 58.4 Å². The van der Waals surface area contributed by atoms with Crippen LogP contribution in [0.15, 0.2) is 48.5 Å². The van der Waals surface area contributed by atoms with Crippen LogP contribution < -0.4 is 11.1 Å². The molecule has 0 aromatic heterocycles. The van der Waals surface area contributed by atoms with E-state index < -0.39 is 0 Å². The van der Waals surface area contributed by atoms with E-state index in [1.165, 1.54) is 11.6 Å². The van der Waals surface area contributed by atoms with Crippen molar-refractivity contribution in [3.8, 4) is 0 Å². The van der Waals surface area contributed by atoms with Gasteiger partial charge in [0.05, 0.1) is 0 Å². The summed E-state index contributed by atoms with van der Waals surface area (Å²) in [5.41, 5.74) is 8.29. The molecule has 1 amide bonds. The molecule has 3 N–H and O–H groups in total. The molecule has 2 atom stereocenters. The van der Waals surface area contributed by atoms with Gasteiger partial charge >= 0.3 is 0 Å². The van der Waals surface area contributed by atoms with Gasteiger partial charge < -0.3 is 16.0 Å². The van der Waals surface area contributed by atoms with Crippen molar-refractivity contribution in [3.05, 3.63) is 65.5 Å². The number of halogens is 2. The maximum atomic E-state index is 13.6. The third-order valence-electron chi connectivity index (χ3n) is 5.24. The highest BCUT2D eigenvalue weighted by Crippen LogP contribution is 2.32. The zero-order valence-corrected chi connectivity index (χ0v) is 16.3. The molecule has 2 aromatic rings. The monoisotopic (exact) mass is 391 g/mol. The number of hydrogen-bond acceptors (Lipinski definition) is 3. The van der Waals surface area contributed by atoms with Crippen LogP contribution in [0.3, 0.4) is 0 Å². The Hall–Kier alpha value is -1.95. The SMILES string of the molecule is Cc1c(F)cccc1NC(=O)CCN1C[C@@H](CN)[C@H](c2ccccc2)C1.Cl. The number of carbonyl (C=O) groups is 1. The third kappa shape index (κ3) is 5.28. The number of carbonyl (C=O) groups excluding carboxylic acids is 1. The van der Waals surface area contributed by atoms with Gasteiger partial charge in [-0.15, -0.1) is 12.4 Å². The first kappa shape index (κ1) is 21.4. The Bertz CT molecular complexity index is 756. The van der Waals surface area contributed by atoms with E-state index in [4.69, 9.17) is 5.73 Å². The van der Waals surface area contributed by atoms with Crippen molar-refractivity contribution in [1.82, 2.24) is 4.90 Å². The zero-order valence-electron chi connectivity index (χ0n) is 15.5. The van der Waals surface area contributed by atoms with E-state index in [9.17, 15) is 9.18 Å². The van der Waals surface area contributed by atoms with Crippen LogP contribution in [0, 0.1) is 18.7 Å². The Labute approximate surface area is 166 Å². The van der Waals surface area contributed by atoms with Crippen molar-refractivity contribution < 1.29 is 9.18 Å². The largest absolute Gasteiger partial charge is 0.330 e. The molecule has 6 heteroatoms. The molecule has 1 aliphatic rings. The Morgan fingerprint density at radius 2 is 1.93 bits per heavy atom. The third-order valence-corrected chi connectivity index (χ3v) is 5.24. The van der Waals surface area contributed by atoms with Crippen LogP contribution in [0.2, 0.25) is 0 Å². The van der Waals surface area contributed by atoms with E-state index in [1.54, 1.807) is 19.1 Å². The van der Waals surface area contributed by atoms with Gasteiger partial charge in [0.25, 0.3) is 0 Å². The second kappa shape index (κ2) is 9.83. The molecular formula is C21H27ClFN3O. The molecule has 27 heavy (non-hydrogen) atoms. The highest BCUT2D eigenvalue weighted by Gasteiger charge is 2.32. The fraction of sp³-hybridized carbons (Fsp3) is 0.381. The van der Waals surface area contributed by atoms with Gasteiger partial charge in [0.15, 0.2) is 0 Å². The molecule has 146 valence electrons. The van der Waals surface area contributed by atoms with Gasteiger partial charge in [-0.1, -0.05) is 36.4 Å². The maximum Gasteiger partial charge on any atom is 0.225 e. The van der Waals surface area contributed by atoms with Crippen molar-refractivity contribution in [2.24, 2.45) is 11.7 Å². The number of anilines is 1. The molecule has 1 heterocycles. The number of rotatable bonds is 6. The smallest absolute Gasteiger partial charge is 0.225 e. The summed E-state index contributed by atoms with van der Waals surface area (Å²) >= 11 is 0. The normalized spacial score (nSPS) is 19.5. The molecular weight excluding hydrogens is 365 g/mol. The van der Waals surface area contributed by atoms with E-state index >= 15 is 0 Å². The van der Waals surface area contributed by atoms with Gasteiger partial charge in [-0.3, -0.25) is 4.79 Å². The van der Waals surface area contributed by atoms with Crippen LogP contribution in [-0.2, 0) is 4.79 Å². The molecule has 3 rings (SSSR count). The molecule has 0 bridgehead atoms. The van der Waals surface area contributed by atoms with Crippen molar-refractivity contribution in [3.63, 3.8) is 0 Å². The fourth-order valence-corrected chi connectivity index (χ4v) is 3.68. The molecule has 0 aliphatic carbocycles. The number of nitrogens with zero attached hydrogens (tertiary/aromatic N) is 1. The first-order valence-electron chi connectivity index (χ1n) is 9.11. The van der Waals surface area contributed by atoms with E-state index in [0.29, 0.717) is 42.6 Å². The van der Waals surface area contributed by atoms with Gasteiger partial charge in [0.1, 0.15) is 5.82 Å². The molecule has 0 unspecified atom stereocenters. The fourth-order valence-electron chi connectivity index (χ4n) is 3.68. The first-order valence-corrected chi connectivity index (χ1v) is 9.11. The second-order valence-corrected chi connectivity index (χ2v) is 6.98. The van der Waals surface area contributed by atoms with E-state index in [2.05, 4.69) is 34.5 Å². The Balaban J connectivity index is 0.00000261. The first-order chi connectivity index (χ1) is 12.6. The predicted molar refractivity (Wildman–Crippen MR) is 110 cm³/mol. The lowest BCUT2D eigenvalue weighted by Gasteiger charge is -2.17. The van der Waals surface area contributed by atoms with Crippen molar-refractivity contribution in [1.29, 1.82) is 0 Å². The lowest BCUT2D eigenvalue weighted by molar-refractivity contribution is -0.116. The Kier molecular flexibility index (Phi) is 7.78. The number of hydrogen-bond donors (Lipinski definition) is 2. The van der Waals surface area contributed by atoms with Crippen molar-refractivity contribution in [2.45, 2.75) is 19.3 Å². The zero-order chi connectivity index (χ0) is 18.5. The molecule has 0 spiro atoms. The quantitative estimate of drug-likeness (QED) is 0.791. The van der Waals surface area contributed by atoms with Gasteiger partial charge in [-0.25, -0.2) is 4.39 Å². The van der Waals surface area contributed by atoms with Crippen LogP contribution in [0.5, 0.6) is 0 Å². The number of likely N-dealkylation sites (tertiary alicyclic amines) is 1.